The van der Waals surface area contributed by atoms with Crippen molar-refractivity contribution < 1.29 is 14.3 Å². The molecule has 0 fully saturated rings. The van der Waals surface area contributed by atoms with Crippen LogP contribution in [0.4, 0.5) is 5.69 Å². The largest absolute Gasteiger partial charge is 0.454 e. The van der Waals surface area contributed by atoms with Gasteiger partial charge in [0, 0.05) is 24.4 Å². The van der Waals surface area contributed by atoms with Crippen molar-refractivity contribution in [2.75, 3.05) is 12.1 Å². The van der Waals surface area contributed by atoms with Gasteiger partial charge in [0.25, 0.3) is 0 Å². The number of aryl methyl sites for hydroxylation is 1. The molecular formula is C18H15N5O3. The van der Waals surface area contributed by atoms with Gasteiger partial charge in [-0.2, -0.15) is 0 Å². The summed E-state index contributed by atoms with van der Waals surface area (Å²) in [5.41, 5.74) is 2.32. The molecule has 130 valence electrons. The lowest BCUT2D eigenvalue weighted by Crippen LogP contribution is -2.07. The van der Waals surface area contributed by atoms with E-state index in [2.05, 4.69) is 20.8 Å². The number of nitrogens with one attached hydrogen (secondary N) is 1. The first-order valence-electron chi connectivity index (χ1n) is 7.90. The highest BCUT2D eigenvalue weighted by molar-refractivity contribution is 6.02. The highest BCUT2D eigenvalue weighted by Crippen LogP contribution is 2.32. The first kappa shape index (κ1) is 15.8. The minimum atomic E-state index is -0.240. The summed E-state index contributed by atoms with van der Waals surface area (Å²) in [4.78, 5) is 12.2. The monoisotopic (exact) mass is 349 g/mol. The summed E-state index contributed by atoms with van der Waals surface area (Å²) in [6.45, 7) is 0.223. The first-order chi connectivity index (χ1) is 12.7. The van der Waals surface area contributed by atoms with Gasteiger partial charge in [-0.05, 0) is 46.3 Å². The normalized spacial score (nSPS) is 12.5. The van der Waals surface area contributed by atoms with Crippen LogP contribution < -0.4 is 14.8 Å². The van der Waals surface area contributed by atoms with Crippen LogP contribution in [0.2, 0.25) is 0 Å². The van der Waals surface area contributed by atoms with Crippen molar-refractivity contribution in [3.63, 3.8) is 0 Å². The zero-order valence-corrected chi connectivity index (χ0v) is 13.9. The molecular weight excluding hydrogens is 334 g/mol. The van der Waals surface area contributed by atoms with E-state index in [0.29, 0.717) is 23.0 Å². The molecule has 0 saturated carbocycles. The molecule has 1 aromatic heterocycles. The maximum absolute atomic E-state index is 12.2. The lowest BCUT2D eigenvalue weighted by atomic mass is 10.1. The van der Waals surface area contributed by atoms with Crippen molar-refractivity contribution >= 4 is 17.7 Å². The molecule has 0 spiro atoms. The molecule has 8 heteroatoms. The van der Waals surface area contributed by atoms with Crippen LogP contribution in [0.1, 0.15) is 5.56 Å². The molecule has 0 aliphatic carbocycles. The summed E-state index contributed by atoms with van der Waals surface area (Å²) in [6.07, 6.45) is 3.18. The molecule has 0 saturated heterocycles. The van der Waals surface area contributed by atoms with Crippen molar-refractivity contribution in [1.82, 2.24) is 20.2 Å². The summed E-state index contributed by atoms with van der Waals surface area (Å²) in [5, 5.41) is 14.2. The first-order valence-corrected chi connectivity index (χ1v) is 7.90. The number of nitrogens with zero attached hydrogens (tertiary/aromatic N) is 4. The Hall–Kier alpha value is -3.68. The molecule has 2 heterocycles. The fourth-order valence-electron chi connectivity index (χ4n) is 2.58. The van der Waals surface area contributed by atoms with Gasteiger partial charge in [-0.3, -0.25) is 4.79 Å². The van der Waals surface area contributed by atoms with Crippen molar-refractivity contribution in [2.45, 2.75) is 0 Å². The van der Waals surface area contributed by atoms with E-state index in [1.54, 1.807) is 23.9 Å². The maximum Gasteiger partial charge on any atom is 0.248 e. The molecule has 1 aliphatic rings. The fraction of sp³-hybridized carbons (Fsp3) is 0.111. The van der Waals surface area contributed by atoms with Gasteiger partial charge in [-0.1, -0.05) is 18.2 Å². The number of tetrazole rings is 1. The summed E-state index contributed by atoms with van der Waals surface area (Å²) >= 11 is 0. The zero-order chi connectivity index (χ0) is 17.9. The van der Waals surface area contributed by atoms with Crippen LogP contribution >= 0.6 is 0 Å². The predicted octanol–water partition coefficient (Wildman–Crippen LogP) is 2.26. The number of aromatic nitrogens is 4. The van der Waals surface area contributed by atoms with Gasteiger partial charge in [0.15, 0.2) is 17.3 Å². The third kappa shape index (κ3) is 3.25. The summed E-state index contributed by atoms with van der Waals surface area (Å²) in [6, 6.07) is 12.8. The third-order valence-corrected chi connectivity index (χ3v) is 3.83. The average Bonchev–Trinajstić information content (AvgIpc) is 3.28. The van der Waals surface area contributed by atoms with Crippen molar-refractivity contribution in [1.29, 1.82) is 0 Å². The zero-order valence-electron chi connectivity index (χ0n) is 13.9. The van der Waals surface area contributed by atoms with Crippen LogP contribution in [0, 0.1) is 0 Å². The van der Waals surface area contributed by atoms with Crippen LogP contribution in [0.3, 0.4) is 0 Å². The molecule has 0 unspecified atom stereocenters. The summed E-state index contributed by atoms with van der Waals surface area (Å²) in [5.74, 6) is 1.77. The van der Waals surface area contributed by atoms with Gasteiger partial charge >= 0.3 is 0 Å². The molecule has 26 heavy (non-hydrogen) atoms. The maximum atomic E-state index is 12.2. The minimum absolute atomic E-state index is 0.223. The molecule has 1 N–H and O–H groups in total. The Morgan fingerprint density at radius 2 is 2.08 bits per heavy atom. The van der Waals surface area contributed by atoms with E-state index in [-0.39, 0.29) is 12.7 Å². The SMILES string of the molecule is Cn1nnnc1-c1cccc(NC(=O)/C=C/c2ccc3c(c2)OCO3)c1. The van der Waals surface area contributed by atoms with Crippen LogP contribution in [-0.4, -0.2) is 32.9 Å². The lowest BCUT2D eigenvalue weighted by molar-refractivity contribution is -0.111. The van der Waals surface area contributed by atoms with E-state index in [4.69, 9.17) is 9.47 Å². The molecule has 0 bridgehead atoms. The van der Waals surface area contributed by atoms with Crippen molar-refractivity contribution in [3.05, 3.63) is 54.1 Å². The number of hydrogen-bond acceptors (Lipinski definition) is 6. The topological polar surface area (TPSA) is 91.2 Å². The van der Waals surface area contributed by atoms with Gasteiger partial charge in [-0.15, -0.1) is 5.10 Å². The minimum Gasteiger partial charge on any atom is -0.454 e. The quantitative estimate of drug-likeness (QED) is 0.727. The van der Waals surface area contributed by atoms with Gasteiger partial charge in [0.2, 0.25) is 12.7 Å². The van der Waals surface area contributed by atoms with E-state index < -0.39 is 0 Å². The molecule has 0 radical (unpaired) electrons. The van der Waals surface area contributed by atoms with Gasteiger partial charge in [0.1, 0.15) is 0 Å². The Balaban J connectivity index is 1.46. The van der Waals surface area contributed by atoms with E-state index in [9.17, 15) is 4.79 Å². The highest BCUT2D eigenvalue weighted by atomic mass is 16.7. The van der Waals surface area contributed by atoms with Crippen LogP contribution in [0.25, 0.3) is 17.5 Å². The number of rotatable bonds is 4. The third-order valence-electron chi connectivity index (χ3n) is 3.83. The van der Waals surface area contributed by atoms with E-state index in [1.165, 1.54) is 6.08 Å². The summed E-state index contributed by atoms with van der Waals surface area (Å²) in [7, 11) is 1.76. The number of anilines is 1. The molecule has 8 nitrogen and oxygen atoms in total. The predicted molar refractivity (Wildman–Crippen MR) is 94.5 cm³/mol. The number of hydrogen-bond donors (Lipinski definition) is 1. The second kappa shape index (κ2) is 6.67. The Bertz CT molecular complexity index is 996. The van der Waals surface area contributed by atoms with Gasteiger partial charge < -0.3 is 14.8 Å². The molecule has 2 aromatic carbocycles. The van der Waals surface area contributed by atoms with E-state index in [1.807, 2.05) is 36.4 Å². The Labute approximate surface area is 149 Å². The fourth-order valence-corrected chi connectivity index (χ4v) is 2.58. The van der Waals surface area contributed by atoms with E-state index in [0.717, 1.165) is 11.1 Å². The van der Waals surface area contributed by atoms with E-state index >= 15 is 0 Å². The van der Waals surface area contributed by atoms with Crippen molar-refractivity contribution in [2.24, 2.45) is 7.05 Å². The number of carbonyl (C=O) groups is 1. The molecule has 0 atom stereocenters. The molecule has 1 amide bonds. The number of fused-ring (bicyclic) bond motifs is 1. The molecule has 3 aromatic rings. The number of benzene rings is 2. The smallest absolute Gasteiger partial charge is 0.248 e. The number of carbonyl (C=O) groups excluding carboxylic acids is 1. The second-order valence-electron chi connectivity index (χ2n) is 5.64. The highest BCUT2D eigenvalue weighted by Gasteiger charge is 2.12. The second-order valence-corrected chi connectivity index (χ2v) is 5.64. The van der Waals surface area contributed by atoms with Crippen LogP contribution in [-0.2, 0) is 11.8 Å². The molecule has 4 rings (SSSR count). The van der Waals surface area contributed by atoms with Crippen LogP contribution in [0.15, 0.2) is 48.5 Å². The number of ether oxygens (including phenoxy) is 2. The standard InChI is InChI=1S/C18H15N5O3/c1-23-18(20-21-22-23)13-3-2-4-14(10-13)19-17(24)8-6-12-5-7-15-16(9-12)26-11-25-15/h2-10H,11H2,1H3,(H,19,24)/b8-6+. The average molecular weight is 349 g/mol. The lowest BCUT2D eigenvalue weighted by Gasteiger charge is -2.05. The number of amides is 1. The Kier molecular flexibility index (Phi) is 4.06. The van der Waals surface area contributed by atoms with Crippen LogP contribution in [0.5, 0.6) is 11.5 Å². The van der Waals surface area contributed by atoms with Crippen molar-refractivity contribution in [3.8, 4) is 22.9 Å². The molecule has 1 aliphatic heterocycles. The Morgan fingerprint density at radius 1 is 1.19 bits per heavy atom. The van der Waals surface area contributed by atoms with Gasteiger partial charge in [-0.25, -0.2) is 4.68 Å². The summed E-state index contributed by atoms with van der Waals surface area (Å²) < 4.78 is 12.2. The van der Waals surface area contributed by atoms with Gasteiger partial charge in [0.05, 0.1) is 0 Å². The Morgan fingerprint density at radius 3 is 2.92 bits per heavy atom.